The summed E-state index contributed by atoms with van der Waals surface area (Å²) in [5.41, 5.74) is 2.44. The zero-order valence-corrected chi connectivity index (χ0v) is 21.8. The lowest BCUT2D eigenvalue weighted by molar-refractivity contribution is -0.137. The van der Waals surface area contributed by atoms with Gasteiger partial charge in [-0.3, -0.25) is 14.5 Å². The van der Waals surface area contributed by atoms with Gasteiger partial charge >= 0.3 is 0 Å². The van der Waals surface area contributed by atoms with Crippen molar-refractivity contribution >= 4 is 23.2 Å². The van der Waals surface area contributed by atoms with Gasteiger partial charge in [0.2, 0.25) is 17.6 Å². The van der Waals surface area contributed by atoms with E-state index in [1.807, 2.05) is 29.6 Å². The van der Waals surface area contributed by atoms with Gasteiger partial charge < -0.3 is 14.7 Å². The molecule has 4 aromatic rings. The van der Waals surface area contributed by atoms with E-state index in [4.69, 9.17) is 4.52 Å². The number of nitrogens with zero attached hydrogens (tertiary/aromatic N) is 4. The van der Waals surface area contributed by atoms with E-state index < -0.39 is 6.04 Å². The fourth-order valence-electron chi connectivity index (χ4n) is 4.53. The molecule has 0 radical (unpaired) electrons. The van der Waals surface area contributed by atoms with Gasteiger partial charge in [-0.15, -0.1) is 11.3 Å². The highest BCUT2D eigenvalue weighted by Gasteiger charge is 2.29. The molecule has 1 aliphatic heterocycles. The molecular weight excluding hydrogens is 505 g/mol. The molecule has 1 fully saturated rings. The summed E-state index contributed by atoms with van der Waals surface area (Å²) in [4.78, 5) is 34.4. The van der Waals surface area contributed by atoms with Crippen LogP contribution in [0.3, 0.4) is 0 Å². The largest absolute Gasteiger partial charge is 0.344 e. The maximum atomic E-state index is 14.2. The van der Waals surface area contributed by atoms with Crippen molar-refractivity contribution in [3.8, 4) is 22.2 Å². The van der Waals surface area contributed by atoms with Gasteiger partial charge in [-0.1, -0.05) is 53.7 Å². The quantitative estimate of drug-likeness (QED) is 0.368. The van der Waals surface area contributed by atoms with Gasteiger partial charge in [-0.25, -0.2) is 4.39 Å². The first kappa shape index (κ1) is 25.7. The van der Waals surface area contributed by atoms with Crippen LogP contribution in [-0.2, 0) is 22.6 Å². The summed E-state index contributed by atoms with van der Waals surface area (Å²) in [6.45, 7) is 4.60. The molecule has 0 unspecified atom stereocenters. The molecule has 1 N–H and O–H groups in total. The van der Waals surface area contributed by atoms with Gasteiger partial charge in [-0.2, -0.15) is 4.98 Å². The summed E-state index contributed by atoms with van der Waals surface area (Å²) in [7, 11) is 0. The van der Waals surface area contributed by atoms with Crippen molar-refractivity contribution in [2.75, 3.05) is 26.2 Å². The molecule has 2 aromatic carbocycles. The highest BCUT2D eigenvalue weighted by Crippen LogP contribution is 2.26. The molecule has 3 heterocycles. The van der Waals surface area contributed by atoms with Crippen LogP contribution >= 0.6 is 11.3 Å². The van der Waals surface area contributed by atoms with Crippen LogP contribution in [0.4, 0.5) is 4.39 Å². The Hall–Kier alpha value is -3.89. The molecular formula is C28H28FN5O3S. The zero-order chi connectivity index (χ0) is 26.5. The van der Waals surface area contributed by atoms with Gasteiger partial charge in [0.15, 0.2) is 0 Å². The Morgan fingerprint density at radius 2 is 1.82 bits per heavy atom. The Morgan fingerprint density at radius 3 is 2.50 bits per heavy atom. The predicted octanol–water partition coefficient (Wildman–Crippen LogP) is 4.00. The summed E-state index contributed by atoms with van der Waals surface area (Å²) in [6, 6.07) is 17.5. The number of halogens is 1. The van der Waals surface area contributed by atoms with E-state index in [0.29, 0.717) is 43.5 Å². The van der Waals surface area contributed by atoms with E-state index >= 15 is 0 Å². The summed E-state index contributed by atoms with van der Waals surface area (Å²) < 4.78 is 19.6. The molecule has 5 rings (SSSR count). The maximum absolute atomic E-state index is 14.2. The molecule has 2 aromatic heterocycles. The van der Waals surface area contributed by atoms with Crippen molar-refractivity contribution in [2.24, 2.45) is 0 Å². The molecule has 0 spiro atoms. The van der Waals surface area contributed by atoms with Crippen molar-refractivity contribution in [1.29, 1.82) is 0 Å². The second-order valence-corrected chi connectivity index (χ2v) is 10.2. The molecule has 0 saturated carbocycles. The van der Waals surface area contributed by atoms with Crippen LogP contribution in [0.2, 0.25) is 0 Å². The van der Waals surface area contributed by atoms with Gasteiger partial charge in [0.1, 0.15) is 11.9 Å². The van der Waals surface area contributed by atoms with Crippen LogP contribution in [0.15, 0.2) is 70.6 Å². The number of nitrogens with one attached hydrogen (secondary N) is 1. The maximum Gasteiger partial charge on any atom is 0.268 e. The number of thiophene rings is 1. The molecule has 1 atom stereocenters. The molecule has 1 aliphatic rings. The number of rotatable bonds is 8. The fraction of sp³-hybridized carbons (Fsp3) is 0.286. The first-order valence-corrected chi connectivity index (χ1v) is 13.3. The smallest absolute Gasteiger partial charge is 0.268 e. The van der Waals surface area contributed by atoms with Gasteiger partial charge in [0, 0.05) is 51.6 Å². The van der Waals surface area contributed by atoms with Gasteiger partial charge in [0.05, 0.1) is 4.88 Å². The van der Waals surface area contributed by atoms with Crippen molar-refractivity contribution in [1.82, 2.24) is 25.3 Å². The lowest BCUT2D eigenvalue weighted by atomic mass is 10.0. The number of benzene rings is 2. The topological polar surface area (TPSA) is 91.6 Å². The number of aromatic nitrogens is 2. The Balaban J connectivity index is 1.16. The third kappa shape index (κ3) is 6.15. The van der Waals surface area contributed by atoms with E-state index in [0.717, 1.165) is 22.5 Å². The molecule has 1 saturated heterocycles. The number of hydrogen-bond donors (Lipinski definition) is 1. The Kier molecular flexibility index (Phi) is 7.90. The highest BCUT2D eigenvalue weighted by atomic mass is 32.1. The molecule has 0 aliphatic carbocycles. The van der Waals surface area contributed by atoms with E-state index in [1.54, 1.807) is 34.4 Å². The monoisotopic (exact) mass is 533 g/mol. The summed E-state index contributed by atoms with van der Waals surface area (Å²) in [5.74, 6) is 0.186. The molecule has 38 heavy (non-hydrogen) atoms. The van der Waals surface area contributed by atoms with Crippen molar-refractivity contribution in [3.05, 3.63) is 83.0 Å². The Bertz CT molecular complexity index is 1380. The SMILES string of the molecule is CC(=O)N[C@@H](Cc1ccccc1F)C(=O)N1CCN(Cc2ccc(-c3noc(-c4cccs4)n3)cc2)CC1. The molecule has 10 heteroatoms. The van der Waals surface area contributed by atoms with Crippen LogP contribution in [0.5, 0.6) is 0 Å². The number of carbonyl (C=O) groups is 2. The average Bonchev–Trinajstić information content (AvgIpc) is 3.63. The number of piperazine rings is 1. The first-order valence-electron chi connectivity index (χ1n) is 12.4. The second kappa shape index (κ2) is 11.7. The van der Waals surface area contributed by atoms with Crippen LogP contribution in [-0.4, -0.2) is 64.0 Å². The summed E-state index contributed by atoms with van der Waals surface area (Å²) >= 11 is 1.55. The van der Waals surface area contributed by atoms with E-state index in [2.05, 4.69) is 32.5 Å². The summed E-state index contributed by atoms with van der Waals surface area (Å²) in [6.07, 6.45) is 0.118. The number of carbonyl (C=O) groups excluding carboxylic acids is 2. The third-order valence-electron chi connectivity index (χ3n) is 6.52. The van der Waals surface area contributed by atoms with Crippen LogP contribution in [0.25, 0.3) is 22.2 Å². The molecule has 196 valence electrons. The second-order valence-electron chi connectivity index (χ2n) is 9.25. The third-order valence-corrected chi connectivity index (χ3v) is 7.38. The van der Waals surface area contributed by atoms with Crippen molar-refractivity contribution < 1.29 is 18.5 Å². The van der Waals surface area contributed by atoms with Gasteiger partial charge in [0.25, 0.3) is 5.89 Å². The lowest BCUT2D eigenvalue weighted by Gasteiger charge is -2.36. The van der Waals surface area contributed by atoms with Gasteiger partial charge in [-0.05, 0) is 28.6 Å². The van der Waals surface area contributed by atoms with Crippen molar-refractivity contribution in [3.63, 3.8) is 0 Å². The summed E-state index contributed by atoms with van der Waals surface area (Å²) in [5, 5.41) is 8.78. The normalized spacial score (nSPS) is 14.8. The highest BCUT2D eigenvalue weighted by molar-refractivity contribution is 7.13. The van der Waals surface area contributed by atoms with E-state index in [-0.39, 0.29) is 24.1 Å². The minimum Gasteiger partial charge on any atom is -0.344 e. The standard InChI is InChI=1S/C28H28FN5O3S/c1-19(35)30-24(17-22-5-2-3-6-23(22)29)28(36)34-14-12-33(13-15-34)18-20-8-10-21(11-9-20)26-31-27(37-32-26)25-7-4-16-38-25/h2-11,16,24H,12-15,17-18H2,1H3,(H,30,35)/t24-/m0/s1. The Labute approximate surface area is 224 Å². The lowest BCUT2D eigenvalue weighted by Crippen LogP contribution is -2.55. The first-order chi connectivity index (χ1) is 18.5. The fourth-order valence-corrected chi connectivity index (χ4v) is 5.18. The van der Waals surface area contributed by atoms with Crippen LogP contribution in [0.1, 0.15) is 18.1 Å². The minimum absolute atomic E-state index is 0.118. The molecule has 0 bridgehead atoms. The molecule has 2 amide bonds. The predicted molar refractivity (Wildman–Crippen MR) is 143 cm³/mol. The minimum atomic E-state index is -0.797. The Morgan fingerprint density at radius 1 is 1.05 bits per heavy atom. The van der Waals surface area contributed by atoms with Crippen molar-refractivity contribution in [2.45, 2.75) is 25.9 Å². The number of hydrogen-bond acceptors (Lipinski definition) is 7. The molecule has 8 nitrogen and oxygen atoms in total. The average molecular weight is 534 g/mol. The zero-order valence-electron chi connectivity index (χ0n) is 21.0. The van der Waals surface area contributed by atoms with Crippen LogP contribution in [0, 0.1) is 5.82 Å². The van der Waals surface area contributed by atoms with E-state index in [1.165, 1.54) is 13.0 Å². The number of amides is 2. The van der Waals surface area contributed by atoms with E-state index in [9.17, 15) is 14.0 Å². The van der Waals surface area contributed by atoms with Crippen LogP contribution < -0.4 is 5.32 Å².